The molecule has 7 nitrogen and oxygen atoms in total. The van der Waals surface area contributed by atoms with Crippen LogP contribution in [-0.2, 0) is 28.6 Å². The van der Waals surface area contributed by atoms with Gasteiger partial charge in [0.2, 0.25) is 0 Å². The van der Waals surface area contributed by atoms with Crippen LogP contribution in [-0.4, -0.2) is 43.8 Å². The first kappa shape index (κ1) is 29.0. The van der Waals surface area contributed by atoms with Crippen LogP contribution in [0.15, 0.2) is 12.1 Å². The van der Waals surface area contributed by atoms with Gasteiger partial charge in [-0.25, -0.2) is 0 Å². The lowest BCUT2D eigenvalue weighted by Gasteiger charge is -2.28. The Labute approximate surface area is 235 Å². The fourth-order valence-corrected chi connectivity index (χ4v) is 6.53. The van der Waals surface area contributed by atoms with Crippen molar-refractivity contribution in [2.45, 2.75) is 59.5 Å². The van der Waals surface area contributed by atoms with Crippen LogP contribution in [0.1, 0.15) is 53.4 Å². The van der Waals surface area contributed by atoms with Gasteiger partial charge in [0.15, 0.2) is 5.75 Å². The van der Waals surface area contributed by atoms with E-state index in [0.717, 1.165) is 10.7 Å². The van der Waals surface area contributed by atoms with E-state index in [1.54, 1.807) is 13.8 Å². The molecule has 0 aromatic heterocycles. The van der Waals surface area contributed by atoms with E-state index in [-0.39, 0.29) is 43.6 Å². The fraction of sp³-hybridized carbons (Fsp3) is 0.609. The summed E-state index contributed by atoms with van der Waals surface area (Å²) < 4.78 is 24.1. The van der Waals surface area contributed by atoms with Gasteiger partial charge in [-0.3, -0.25) is 14.4 Å². The Morgan fingerprint density at radius 2 is 1.48 bits per heavy atom. The molecule has 0 amide bonds. The molecule has 1 fully saturated rings. The van der Waals surface area contributed by atoms with Crippen LogP contribution < -0.4 is 4.74 Å². The molecule has 10 heteroatoms. The zero-order valence-electron chi connectivity index (χ0n) is 19.2. The van der Waals surface area contributed by atoms with Crippen LogP contribution in [0.2, 0.25) is 0 Å². The fourth-order valence-electron chi connectivity index (χ4n) is 2.73. The maximum Gasteiger partial charge on any atom is 0.311 e. The van der Waals surface area contributed by atoms with E-state index >= 15 is 0 Å². The molecule has 1 aliphatic rings. The van der Waals surface area contributed by atoms with Gasteiger partial charge in [-0.15, -0.1) is 0 Å². The molecule has 0 saturated carbocycles. The second-order valence-corrected chi connectivity index (χ2v) is 12.8. The molecular weight excluding hydrogens is 769 g/mol. The van der Waals surface area contributed by atoms with Crippen LogP contribution >= 0.6 is 67.8 Å². The van der Waals surface area contributed by atoms with Crippen molar-refractivity contribution in [2.75, 3.05) is 19.8 Å². The molecule has 1 atom stereocenters. The lowest BCUT2D eigenvalue weighted by molar-refractivity contribution is -0.159. The number of esters is 3. The van der Waals surface area contributed by atoms with E-state index in [9.17, 15) is 14.4 Å². The topological polar surface area (TPSA) is 91.4 Å². The predicted octanol–water partition coefficient (Wildman–Crippen LogP) is 5.50. The second kappa shape index (κ2) is 12.7. The van der Waals surface area contributed by atoms with E-state index < -0.39 is 10.8 Å². The monoisotopic (exact) mass is 798 g/mol. The standard InChI is InChI=1S/C23H29I3O7/c1-22(2,7-8-23(3,4)21(29)32-13-15-12-31-15)20(28)30-9-5-6-18(27)33-19-16(25)10-14(24)11-17(19)26/h10-11,15H,5-9,12-13H2,1-4H3. The largest absolute Gasteiger partial charge is 0.465 e. The molecule has 1 saturated heterocycles. The molecule has 0 aliphatic carbocycles. The summed E-state index contributed by atoms with van der Waals surface area (Å²) in [6.07, 6.45) is 1.50. The van der Waals surface area contributed by atoms with Crippen molar-refractivity contribution in [1.29, 1.82) is 0 Å². The van der Waals surface area contributed by atoms with E-state index in [0.29, 0.717) is 31.6 Å². The SMILES string of the molecule is CC(C)(CCC(C)(C)C(=O)OCC1CO1)C(=O)OCCCC(=O)Oc1c(I)cc(I)cc1I. The number of hydrogen-bond donors (Lipinski definition) is 0. The van der Waals surface area contributed by atoms with Gasteiger partial charge in [0.25, 0.3) is 0 Å². The van der Waals surface area contributed by atoms with Crippen LogP contribution in [0.3, 0.4) is 0 Å². The van der Waals surface area contributed by atoms with Crippen LogP contribution in [0.25, 0.3) is 0 Å². The Hall–Kier alpha value is -0.220. The van der Waals surface area contributed by atoms with E-state index in [4.69, 9.17) is 18.9 Å². The zero-order valence-corrected chi connectivity index (χ0v) is 25.6. The van der Waals surface area contributed by atoms with Crippen LogP contribution in [0, 0.1) is 21.5 Å². The summed E-state index contributed by atoms with van der Waals surface area (Å²) >= 11 is 6.50. The summed E-state index contributed by atoms with van der Waals surface area (Å²) in [5.41, 5.74) is -1.47. The molecule has 1 heterocycles. The first-order valence-electron chi connectivity index (χ1n) is 10.6. The summed E-state index contributed by atoms with van der Waals surface area (Å²) in [4.78, 5) is 37.1. The Bertz CT molecular complexity index is 856. The number of epoxide rings is 1. The molecule has 1 unspecified atom stereocenters. The van der Waals surface area contributed by atoms with Crippen molar-refractivity contribution >= 4 is 85.7 Å². The minimum atomic E-state index is -0.759. The van der Waals surface area contributed by atoms with E-state index in [1.165, 1.54) is 0 Å². The molecule has 0 radical (unpaired) electrons. The summed E-state index contributed by atoms with van der Waals surface area (Å²) in [7, 11) is 0. The quantitative estimate of drug-likeness (QED) is 0.0908. The van der Waals surface area contributed by atoms with Crippen molar-refractivity contribution in [2.24, 2.45) is 10.8 Å². The van der Waals surface area contributed by atoms with Gasteiger partial charge < -0.3 is 18.9 Å². The van der Waals surface area contributed by atoms with Crippen molar-refractivity contribution < 1.29 is 33.3 Å². The highest BCUT2D eigenvalue weighted by molar-refractivity contribution is 14.1. The maximum atomic E-state index is 12.6. The number of halogens is 3. The van der Waals surface area contributed by atoms with Crippen LogP contribution in [0.5, 0.6) is 5.75 Å². The average molecular weight is 798 g/mol. The minimum absolute atomic E-state index is 0.0252. The Morgan fingerprint density at radius 3 is 2.00 bits per heavy atom. The zero-order chi connectivity index (χ0) is 24.8. The maximum absolute atomic E-state index is 12.6. The molecule has 2 rings (SSSR count). The molecule has 0 bridgehead atoms. The number of carbonyl (C=O) groups is 3. The highest BCUT2D eigenvalue weighted by Gasteiger charge is 2.37. The smallest absolute Gasteiger partial charge is 0.311 e. The number of rotatable bonds is 12. The first-order valence-corrected chi connectivity index (χ1v) is 13.9. The van der Waals surface area contributed by atoms with Gasteiger partial charge in [-0.1, -0.05) is 0 Å². The third-order valence-corrected chi connectivity index (χ3v) is 7.45. The van der Waals surface area contributed by atoms with Crippen LogP contribution in [0.4, 0.5) is 0 Å². The molecular formula is C23H29I3O7. The molecule has 1 aromatic carbocycles. The molecule has 1 aliphatic heterocycles. The van der Waals surface area contributed by atoms with E-state index in [2.05, 4.69) is 67.8 Å². The average Bonchev–Trinajstić information content (AvgIpc) is 3.55. The highest BCUT2D eigenvalue weighted by atomic mass is 127. The summed E-state index contributed by atoms with van der Waals surface area (Å²) in [6.45, 7) is 8.25. The summed E-state index contributed by atoms with van der Waals surface area (Å²) in [6, 6.07) is 3.89. The molecule has 0 N–H and O–H groups in total. The van der Waals surface area contributed by atoms with Gasteiger partial charge in [-0.2, -0.15) is 0 Å². The number of benzene rings is 1. The van der Waals surface area contributed by atoms with E-state index in [1.807, 2.05) is 26.0 Å². The number of carbonyl (C=O) groups excluding carboxylic acids is 3. The molecule has 0 spiro atoms. The Kier molecular flexibility index (Phi) is 11.1. The molecule has 33 heavy (non-hydrogen) atoms. The minimum Gasteiger partial charge on any atom is -0.465 e. The lowest BCUT2D eigenvalue weighted by atomic mass is 9.79. The lowest BCUT2D eigenvalue weighted by Crippen LogP contribution is -2.33. The number of hydrogen-bond acceptors (Lipinski definition) is 7. The highest BCUT2D eigenvalue weighted by Crippen LogP contribution is 2.33. The second-order valence-electron chi connectivity index (χ2n) is 9.23. The van der Waals surface area contributed by atoms with Gasteiger partial charge in [0, 0.05) is 9.99 Å². The Balaban J connectivity index is 1.71. The van der Waals surface area contributed by atoms with Gasteiger partial charge in [0.1, 0.15) is 12.7 Å². The van der Waals surface area contributed by atoms with Crippen molar-refractivity contribution in [3.63, 3.8) is 0 Å². The van der Waals surface area contributed by atoms with Gasteiger partial charge >= 0.3 is 17.9 Å². The van der Waals surface area contributed by atoms with Crippen molar-refractivity contribution in [1.82, 2.24) is 0 Å². The first-order chi connectivity index (χ1) is 15.3. The summed E-state index contributed by atoms with van der Waals surface area (Å²) in [5.74, 6) is -0.448. The Morgan fingerprint density at radius 1 is 0.970 bits per heavy atom. The third kappa shape index (κ3) is 9.74. The molecule has 184 valence electrons. The molecule has 1 aromatic rings. The number of ether oxygens (including phenoxy) is 4. The normalized spacial score (nSPS) is 15.7. The van der Waals surface area contributed by atoms with Crippen molar-refractivity contribution in [3.8, 4) is 5.75 Å². The predicted molar refractivity (Wildman–Crippen MR) is 148 cm³/mol. The van der Waals surface area contributed by atoms with Gasteiger partial charge in [0.05, 0.1) is 31.2 Å². The van der Waals surface area contributed by atoms with Gasteiger partial charge in [-0.05, 0) is 127 Å². The summed E-state index contributed by atoms with van der Waals surface area (Å²) in [5, 5.41) is 0. The third-order valence-electron chi connectivity index (χ3n) is 5.22. The van der Waals surface area contributed by atoms with Crippen molar-refractivity contribution in [3.05, 3.63) is 22.8 Å².